The zero-order valence-corrected chi connectivity index (χ0v) is 13.0. The van der Waals surface area contributed by atoms with Gasteiger partial charge in [0.1, 0.15) is 0 Å². The first-order chi connectivity index (χ1) is 7.82. The quantitative estimate of drug-likeness (QED) is 0.582. The van der Waals surface area contributed by atoms with Crippen molar-refractivity contribution < 1.29 is 0 Å². The monoisotopic (exact) mass is 244 g/mol. The molecule has 0 fully saturated rings. The number of rotatable bonds is 2. The molecule has 2 rings (SSSR count). The van der Waals surface area contributed by atoms with Gasteiger partial charge in [-0.2, -0.15) is 0 Å². The zero-order valence-electron chi connectivity index (χ0n) is 12.0. The maximum absolute atomic E-state index is 2.53. The van der Waals surface area contributed by atoms with Gasteiger partial charge in [-0.15, -0.1) is 0 Å². The van der Waals surface area contributed by atoms with E-state index in [-0.39, 0.29) is 0 Å². The van der Waals surface area contributed by atoms with Crippen molar-refractivity contribution in [2.75, 3.05) is 0 Å². The maximum atomic E-state index is 2.53. The maximum Gasteiger partial charge on any atom is 0.0699 e. The van der Waals surface area contributed by atoms with Crippen LogP contribution in [0.25, 0.3) is 0 Å². The number of allylic oxidation sites excluding steroid dienone is 8. The van der Waals surface area contributed by atoms with Crippen molar-refractivity contribution in [2.45, 2.75) is 51.9 Å². The van der Waals surface area contributed by atoms with Crippen molar-refractivity contribution >= 4 is 8.07 Å². The van der Waals surface area contributed by atoms with Gasteiger partial charge in [0.15, 0.2) is 0 Å². The molecule has 0 heterocycles. The second-order valence-corrected chi connectivity index (χ2v) is 11.2. The van der Waals surface area contributed by atoms with Gasteiger partial charge in [0.2, 0.25) is 0 Å². The Labute approximate surface area is 107 Å². The van der Waals surface area contributed by atoms with E-state index in [9.17, 15) is 0 Å². The van der Waals surface area contributed by atoms with Crippen LogP contribution in [0.5, 0.6) is 0 Å². The second-order valence-electron chi connectivity index (χ2n) is 6.27. The smallest absolute Gasteiger partial charge is 0.0699 e. The number of hydrogen-bond acceptors (Lipinski definition) is 0. The van der Waals surface area contributed by atoms with Gasteiger partial charge in [-0.3, -0.25) is 0 Å². The summed E-state index contributed by atoms with van der Waals surface area (Å²) in [4.78, 5) is 0. The molecule has 2 aliphatic rings. The zero-order chi connectivity index (χ0) is 12.8. The van der Waals surface area contributed by atoms with Crippen molar-refractivity contribution in [1.82, 2.24) is 0 Å². The molecular weight excluding hydrogens is 220 g/mol. The molecule has 0 saturated carbocycles. The van der Waals surface area contributed by atoms with E-state index in [0.717, 1.165) is 0 Å². The minimum atomic E-state index is -1.31. The van der Waals surface area contributed by atoms with Crippen molar-refractivity contribution in [3.8, 4) is 0 Å². The average molecular weight is 244 g/mol. The van der Waals surface area contributed by atoms with Gasteiger partial charge in [0.25, 0.3) is 0 Å². The molecule has 0 atom stereocenters. The Morgan fingerprint density at radius 2 is 0.882 bits per heavy atom. The molecule has 0 bridgehead atoms. The first kappa shape index (κ1) is 12.6. The number of hydrogen-bond donors (Lipinski definition) is 0. The van der Waals surface area contributed by atoms with E-state index in [1.165, 1.54) is 22.3 Å². The normalized spacial score (nSPS) is 22.5. The fourth-order valence-electron chi connectivity index (χ4n) is 2.78. The van der Waals surface area contributed by atoms with Gasteiger partial charge in [0, 0.05) is 0 Å². The van der Waals surface area contributed by atoms with Crippen LogP contribution in [0.3, 0.4) is 0 Å². The van der Waals surface area contributed by atoms with Gasteiger partial charge >= 0.3 is 0 Å². The predicted octanol–water partition coefficient (Wildman–Crippen LogP) is 5.25. The first-order valence-electron chi connectivity index (χ1n) is 6.57. The minimum absolute atomic E-state index is 0.707. The lowest BCUT2D eigenvalue weighted by molar-refractivity contribution is 1.16. The lowest BCUT2D eigenvalue weighted by Gasteiger charge is -2.31. The van der Waals surface area contributed by atoms with Crippen LogP contribution in [-0.2, 0) is 0 Å². The first-order valence-corrected chi connectivity index (χ1v) is 9.72. The van der Waals surface area contributed by atoms with Crippen LogP contribution < -0.4 is 0 Å². The van der Waals surface area contributed by atoms with Crippen molar-refractivity contribution in [3.63, 3.8) is 0 Å². The largest absolute Gasteiger partial charge is 0.0771 e. The molecule has 0 radical (unpaired) electrons. The van der Waals surface area contributed by atoms with E-state index in [2.05, 4.69) is 65.1 Å². The Morgan fingerprint density at radius 1 is 0.647 bits per heavy atom. The Balaban J connectivity index is 2.28. The molecule has 0 unspecified atom stereocenters. The Morgan fingerprint density at radius 3 is 1.12 bits per heavy atom. The van der Waals surface area contributed by atoms with E-state index in [0.29, 0.717) is 11.1 Å². The molecule has 0 aromatic rings. The standard InChI is InChI=1S/C16H24Si/c1-11-7-15(8-12(11)2)17(5,6)16-9-13(3)14(4)10-16/h7-10,15-16H,1-6H3. The molecule has 0 spiro atoms. The van der Waals surface area contributed by atoms with Gasteiger partial charge in [-0.25, -0.2) is 0 Å². The fourth-order valence-corrected chi connectivity index (χ4v) is 5.94. The van der Waals surface area contributed by atoms with Crippen molar-refractivity contribution in [3.05, 3.63) is 46.6 Å². The van der Waals surface area contributed by atoms with Crippen LogP contribution in [0.2, 0.25) is 24.2 Å². The molecular formula is C16H24Si. The topological polar surface area (TPSA) is 0 Å². The van der Waals surface area contributed by atoms with Crippen LogP contribution in [0.15, 0.2) is 46.6 Å². The third-order valence-electron chi connectivity index (χ3n) is 4.68. The van der Waals surface area contributed by atoms with Crippen LogP contribution in [0.1, 0.15) is 27.7 Å². The van der Waals surface area contributed by atoms with Gasteiger partial charge in [-0.05, 0) is 38.8 Å². The third-order valence-corrected chi connectivity index (χ3v) is 8.78. The molecule has 1 heteroatoms. The van der Waals surface area contributed by atoms with Crippen LogP contribution in [-0.4, -0.2) is 8.07 Å². The average Bonchev–Trinajstić information content (AvgIpc) is 2.74. The molecule has 0 N–H and O–H groups in total. The molecule has 2 aliphatic carbocycles. The molecule has 92 valence electrons. The predicted molar refractivity (Wildman–Crippen MR) is 80.0 cm³/mol. The van der Waals surface area contributed by atoms with Gasteiger partial charge in [-0.1, -0.05) is 59.7 Å². The van der Waals surface area contributed by atoms with Crippen LogP contribution >= 0.6 is 0 Å². The van der Waals surface area contributed by atoms with Gasteiger partial charge < -0.3 is 0 Å². The van der Waals surface area contributed by atoms with Gasteiger partial charge in [0.05, 0.1) is 8.07 Å². The fraction of sp³-hybridized carbons (Fsp3) is 0.500. The highest BCUT2D eigenvalue weighted by atomic mass is 28.3. The molecule has 0 aliphatic heterocycles. The summed E-state index contributed by atoms with van der Waals surface area (Å²) in [6, 6.07) is 0. The highest BCUT2D eigenvalue weighted by Crippen LogP contribution is 2.45. The second kappa shape index (κ2) is 4.13. The highest BCUT2D eigenvalue weighted by Gasteiger charge is 2.38. The highest BCUT2D eigenvalue weighted by molar-refractivity contribution is 6.82. The minimum Gasteiger partial charge on any atom is -0.0771 e. The van der Waals surface area contributed by atoms with Crippen LogP contribution in [0.4, 0.5) is 0 Å². The Kier molecular flexibility index (Phi) is 3.07. The lowest BCUT2D eigenvalue weighted by atomic mass is 10.2. The Bertz CT molecular complexity index is 380. The SMILES string of the molecule is CC1=CC([Si](C)(C)C2C=C(C)C(C)=C2)C=C1C. The summed E-state index contributed by atoms with van der Waals surface area (Å²) in [7, 11) is -1.31. The van der Waals surface area contributed by atoms with Crippen molar-refractivity contribution in [1.29, 1.82) is 0 Å². The summed E-state index contributed by atoms with van der Waals surface area (Å²) in [5.41, 5.74) is 7.34. The van der Waals surface area contributed by atoms with Crippen LogP contribution in [0, 0.1) is 0 Å². The summed E-state index contributed by atoms with van der Waals surface area (Å²) in [5.74, 6) is 0. The molecule has 0 amide bonds. The summed E-state index contributed by atoms with van der Waals surface area (Å²) in [5, 5.41) is 0. The van der Waals surface area contributed by atoms with E-state index in [4.69, 9.17) is 0 Å². The van der Waals surface area contributed by atoms with E-state index in [1.807, 2.05) is 0 Å². The van der Waals surface area contributed by atoms with E-state index < -0.39 is 8.07 Å². The Hall–Kier alpha value is -0.823. The summed E-state index contributed by atoms with van der Waals surface area (Å²) >= 11 is 0. The molecule has 0 aromatic carbocycles. The van der Waals surface area contributed by atoms with Crippen molar-refractivity contribution in [2.24, 2.45) is 0 Å². The molecule has 0 aromatic heterocycles. The lowest BCUT2D eigenvalue weighted by Crippen LogP contribution is -2.34. The third kappa shape index (κ3) is 2.13. The summed E-state index contributed by atoms with van der Waals surface area (Å²) < 4.78 is 0. The molecule has 0 saturated heterocycles. The van der Waals surface area contributed by atoms with E-state index in [1.54, 1.807) is 0 Å². The molecule has 17 heavy (non-hydrogen) atoms. The summed E-state index contributed by atoms with van der Waals surface area (Å²) in [6.45, 7) is 14.0. The van der Waals surface area contributed by atoms with E-state index >= 15 is 0 Å². The molecule has 0 nitrogen and oxygen atoms in total. The summed E-state index contributed by atoms with van der Waals surface area (Å²) in [6.07, 6.45) is 9.97.